The van der Waals surface area contributed by atoms with Crippen LogP contribution >= 0.6 is 11.3 Å². The van der Waals surface area contributed by atoms with Crippen molar-refractivity contribution in [2.45, 2.75) is 31.7 Å². The number of thiophene rings is 1. The van der Waals surface area contributed by atoms with Gasteiger partial charge in [-0.3, -0.25) is 14.4 Å². The fourth-order valence-electron chi connectivity index (χ4n) is 2.88. The van der Waals surface area contributed by atoms with Gasteiger partial charge in [0.15, 0.2) is 5.78 Å². The monoisotopic (exact) mass is 360 g/mol. The van der Waals surface area contributed by atoms with Crippen molar-refractivity contribution in [3.05, 3.63) is 46.5 Å². The minimum absolute atomic E-state index is 0.00526. The first-order valence-corrected chi connectivity index (χ1v) is 9.19. The van der Waals surface area contributed by atoms with Crippen molar-refractivity contribution < 1.29 is 18.8 Å². The molecule has 1 aliphatic rings. The molecule has 7 heteroatoms. The number of amides is 2. The van der Waals surface area contributed by atoms with Gasteiger partial charge in [0.25, 0.3) is 5.91 Å². The van der Waals surface area contributed by atoms with E-state index >= 15 is 0 Å². The van der Waals surface area contributed by atoms with Crippen LogP contribution in [-0.4, -0.2) is 41.6 Å². The van der Waals surface area contributed by atoms with E-state index in [-0.39, 0.29) is 36.5 Å². The number of furan rings is 1. The van der Waals surface area contributed by atoms with E-state index in [0.717, 1.165) is 0 Å². The number of likely N-dealkylation sites (tertiary alicyclic amines) is 1. The van der Waals surface area contributed by atoms with Crippen LogP contribution < -0.4 is 5.32 Å². The lowest BCUT2D eigenvalue weighted by atomic mass is 10.0. The van der Waals surface area contributed by atoms with Crippen LogP contribution in [0.4, 0.5) is 0 Å². The van der Waals surface area contributed by atoms with Crippen LogP contribution in [0.25, 0.3) is 0 Å². The average Bonchev–Trinajstić information content (AvgIpc) is 3.33. The van der Waals surface area contributed by atoms with Gasteiger partial charge in [-0.1, -0.05) is 6.07 Å². The molecule has 0 spiro atoms. The molecule has 0 aliphatic carbocycles. The first-order chi connectivity index (χ1) is 12.1. The third-order valence-electron chi connectivity index (χ3n) is 4.29. The van der Waals surface area contributed by atoms with Crippen molar-refractivity contribution in [3.8, 4) is 0 Å². The molecule has 6 nitrogen and oxygen atoms in total. The molecular formula is C18H20N2O4S. The Balaban J connectivity index is 1.39. The van der Waals surface area contributed by atoms with Gasteiger partial charge in [-0.2, -0.15) is 0 Å². The first kappa shape index (κ1) is 17.4. The Kier molecular flexibility index (Phi) is 5.65. The van der Waals surface area contributed by atoms with Crippen molar-refractivity contribution >= 4 is 28.9 Å². The van der Waals surface area contributed by atoms with Crippen molar-refractivity contribution in [2.75, 3.05) is 13.1 Å². The highest BCUT2D eigenvalue weighted by Crippen LogP contribution is 2.15. The maximum absolute atomic E-state index is 12.2. The van der Waals surface area contributed by atoms with Gasteiger partial charge in [0.1, 0.15) is 6.26 Å². The van der Waals surface area contributed by atoms with E-state index in [1.807, 2.05) is 11.4 Å². The Morgan fingerprint density at radius 3 is 2.64 bits per heavy atom. The summed E-state index contributed by atoms with van der Waals surface area (Å²) < 4.78 is 4.94. The standard InChI is InChI=1S/C18H20N2O4S/c21-15(16-2-1-11-25-16)3-4-17(22)19-14-5-8-20(9-6-14)18(23)13-7-10-24-12-13/h1-2,7,10-12,14H,3-6,8-9H2,(H,19,22). The number of rotatable bonds is 6. The molecule has 0 unspecified atom stereocenters. The fourth-order valence-corrected chi connectivity index (χ4v) is 3.58. The highest BCUT2D eigenvalue weighted by atomic mass is 32.1. The minimum atomic E-state index is -0.107. The normalized spacial score (nSPS) is 15.1. The smallest absolute Gasteiger partial charge is 0.257 e. The van der Waals surface area contributed by atoms with Gasteiger partial charge < -0.3 is 14.6 Å². The van der Waals surface area contributed by atoms with Crippen LogP contribution in [0.15, 0.2) is 40.5 Å². The summed E-state index contributed by atoms with van der Waals surface area (Å²) in [6, 6.07) is 5.31. The number of Topliss-reactive ketones (excluding diaryl/α,β-unsaturated/α-hetero) is 1. The summed E-state index contributed by atoms with van der Waals surface area (Å²) in [5, 5.41) is 4.82. The Morgan fingerprint density at radius 2 is 2.00 bits per heavy atom. The average molecular weight is 360 g/mol. The zero-order valence-electron chi connectivity index (χ0n) is 13.8. The summed E-state index contributed by atoms with van der Waals surface area (Å²) in [5.41, 5.74) is 0.551. The maximum Gasteiger partial charge on any atom is 0.257 e. The molecule has 1 N–H and O–H groups in total. The molecule has 0 atom stereocenters. The maximum atomic E-state index is 12.2. The summed E-state index contributed by atoms with van der Waals surface area (Å²) in [5.74, 6) is -0.143. The number of hydrogen-bond acceptors (Lipinski definition) is 5. The molecule has 2 amide bonds. The number of nitrogens with one attached hydrogen (secondary N) is 1. The molecule has 0 radical (unpaired) electrons. The molecule has 0 bridgehead atoms. The van der Waals surface area contributed by atoms with E-state index in [0.29, 0.717) is 36.4 Å². The Hall–Kier alpha value is -2.41. The second kappa shape index (κ2) is 8.11. The molecular weight excluding hydrogens is 340 g/mol. The molecule has 1 saturated heterocycles. The van der Waals surface area contributed by atoms with Crippen LogP contribution in [0.2, 0.25) is 0 Å². The quantitative estimate of drug-likeness (QED) is 0.803. The SMILES string of the molecule is O=C(CCC(=O)c1cccs1)NC1CCN(C(=O)c2ccoc2)CC1. The third-order valence-corrected chi connectivity index (χ3v) is 5.20. The molecule has 25 heavy (non-hydrogen) atoms. The number of ketones is 1. The minimum Gasteiger partial charge on any atom is -0.472 e. The predicted octanol–water partition coefficient (Wildman–Crippen LogP) is 2.73. The molecule has 3 heterocycles. The van der Waals surface area contributed by atoms with E-state index < -0.39 is 0 Å². The van der Waals surface area contributed by atoms with E-state index in [4.69, 9.17) is 4.42 Å². The summed E-state index contributed by atoms with van der Waals surface area (Å²) in [6.45, 7) is 1.20. The highest BCUT2D eigenvalue weighted by Gasteiger charge is 2.25. The van der Waals surface area contributed by atoms with E-state index in [1.165, 1.54) is 23.9 Å². The number of carbonyl (C=O) groups is 3. The summed E-state index contributed by atoms with van der Waals surface area (Å²) in [7, 11) is 0. The van der Waals surface area contributed by atoms with Gasteiger partial charge >= 0.3 is 0 Å². The Morgan fingerprint density at radius 1 is 1.20 bits per heavy atom. The molecule has 2 aromatic rings. The molecule has 1 aliphatic heterocycles. The van der Waals surface area contributed by atoms with Crippen molar-refractivity contribution in [2.24, 2.45) is 0 Å². The van der Waals surface area contributed by atoms with Crippen LogP contribution in [-0.2, 0) is 4.79 Å². The summed E-state index contributed by atoms with van der Waals surface area (Å²) in [6.07, 6.45) is 4.79. The van der Waals surface area contributed by atoms with Gasteiger partial charge in [-0.15, -0.1) is 11.3 Å². The molecule has 0 aromatic carbocycles. The van der Waals surface area contributed by atoms with Gasteiger partial charge in [0.2, 0.25) is 5.91 Å². The van der Waals surface area contributed by atoms with Crippen molar-refractivity contribution in [1.29, 1.82) is 0 Å². The fraction of sp³-hybridized carbons (Fsp3) is 0.389. The Bertz CT molecular complexity index is 716. The lowest BCUT2D eigenvalue weighted by Gasteiger charge is -2.32. The van der Waals surface area contributed by atoms with E-state index in [9.17, 15) is 14.4 Å². The topological polar surface area (TPSA) is 79.6 Å². The van der Waals surface area contributed by atoms with E-state index in [2.05, 4.69) is 5.32 Å². The van der Waals surface area contributed by atoms with Crippen LogP contribution in [0.5, 0.6) is 0 Å². The van der Waals surface area contributed by atoms with E-state index in [1.54, 1.807) is 17.0 Å². The zero-order valence-corrected chi connectivity index (χ0v) is 14.6. The van der Waals surface area contributed by atoms with Crippen molar-refractivity contribution in [1.82, 2.24) is 10.2 Å². The largest absolute Gasteiger partial charge is 0.472 e. The molecule has 1 fully saturated rings. The van der Waals surface area contributed by atoms with Gasteiger partial charge in [0.05, 0.1) is 16.7 Å². The van der Waals surface area contributed by atoms with Crippen molar-refractivity contribution in [3.63, 3.8) is 0 Å². The van der Waals surface area contributed by atoms with Gasteiger partial charge in [-0.05, 0) is 30.4 Å². The molecule has 132 valence electrons. The molecule has 3 rings (SSSR count). The summed E-state index contributed by atoms with van der Waals surface area (Å²) in [4.78, 5) is 38.6. The zero-order chi connectivity index (χ0) is 17.6. The number of piperidine rings is 1. The second-order valence-electron chi connectivity index (χ2n) is 6.05. The second-order valence-corrected chi connectivity index (χ2v) is 6.99. The number of hydrogen-bond donors (Lipinski definition) is 1. The van der Waals surface area contributed by atoms with Gasteiger partial charge in [0, 0.05) is 32.0 Å². The highest BCUT2D eigenvalue weighted by molar-refractivity contribution is 7.12. The lowest BCUT2D eigenvalue weighted by molar-refractivity contribution is -0.122. The number of nitrogens with zero attached hydrogens (tertiary/aromatic N) is 1. The van der Waals surface area contributed by atoms with Gasteiger partial charge in [-0.25, -0.2) is 0 Å². The summed E-state index contributed by atoms with van der Waals surface area (Å²) >= 11 is 1.39. The Labute approximate surface area is 149 Å². The third kappa shape index (κ3) is 4.57. The number of carbonyl (C=O) groups excluding carboxylic acids is 3. The predicted molar refractivity (Wildman–Crippen MR) is 93.7 cm³/mol. The lowest BCUT2D eigenvalue weighted by Crippen LogP contribution is -2.46. The van der Waals surface area contributed by atoms with Crippen LogP contribution in [0.3, 0.4) is 0 Å². The molecule has 0 saturated carbocycles. The van der Waals surface area contributed by atoms with Crippen LogP contribution in [0.1, 0.15) is 45.7 Å². The first-order valence-electron chi connectivity index (χ1n) is 8.31. The molecule has 2 aromatic heterocycles. The van der Waals surface area contributed by atoms with Crippen LogP contribution in [0, 0.1) is 0 Å².